The quantitative estimate of drug-likeness (QED) is 0.794. The average Bonchev–Trinajstić information content (AvgIpc) is 2.32. The molecule has 0 saturated carbocycles. The van der Waals surface area contributed by atoms with Gasteiger partial charge < -0.3 is 10.4 Å². The molecule has 0 amide bonds. The van der Waals surface area contributed by atoms with E-state index >= 15 is 0 Å². The highest BCUT2D eigenvalue weighted by atomic mass is 16.3. The lowest BCUT2D eigenvalue weighted by atomic mass is 10.1. The molecule has 88 valence electrons. The molecule has 0 saturated heterocycles. The molecule has 0 aliphatic carbocycles. The maximum Gasteiger partial charge on any atom is 0.133 e. The molecule has 0 radical (unpaired) electrons. The van der Waals surface area contributed by atoms with Gasteiger partial charge in [-0.3, -0.25) is 0 Å². The van der Waals surface area contributed by atoms with Crippen molar-refractivity contribution in [1.29, 1.82) is 0 Å². The Balaban J connectivity index is 2.18. The molecule has 0 atom stereocenters. The number of nitrogens with one attached hydrogen (secondary N) is 1. The molecule has 1 aromatic heterocycles. The van der Waals surface area contributed by atoms with Gasteiger partial charge in [0.2, 0.25) is 0 Å². The summed E-state index contributed by atoms with van der Waals surface area (Å²) in [5.41, 5.74) is 1.89. The molecule has 2 rings (SSSR count). The van der Waals surface area contributed by atoms with Gasteiger partial charge in [0.25, 0.3) is 0 Å². The van der Waals surface area contributed by atoms with E-state index in [1.54, 1.807) is 30.6 Å². The van der Waals surface area contributed by atoms with Crippen LogP contribution in [-0.4, -0.2) is 15.1 Å². The first kappa shape index (κ1) is 11.4. The standard InChI is InChI=1S/C13H15N3O/c1-9(2)12-7-13(15-8-14-12)16-10-3-5-11(17)6-4-10/h3-9,17H,1-2H3,(H,14,15,16). The van der Waals surface area contributed by atoms with Gasteiger partial charge in [0, 0.05) is 17.4 Å². The van der Waals surface area contributed by atoms with Crippen LogP contribution in [0.4, 0.5) is 11.5 Å². The highest BCUT2D eigenvalue weighted by molar-refractivity contribution is 5.57. The predicted molar refractivity (Wildman–Crippen MR) is 67.5 cm³/mol. The lowest BCUT2D eigenvalue weighted by Crippen LogP contribution is -1.98. The maximum atomic E-state index is 9.19. The van der Waals surface area contributed by atoms with Gasteiger partial charge >= 0.3 is 0 Å². The van der Waals surface area contributed by atoms with Crippen molar-refractivity contribution in [3.05, 3.63) is 42.4 Å². The smallest absolute Gasteiger partial charge is 0.133 e. The van der Waals surface area contributed by atoms with Gasteiger partial charge in [-0.1, -0.05) is 13.8 Å². The second-order valence-electron chi connectivity index (χ2n) is 4.15. The Kier molecular flexibility index (Phi) is 3.23. The van der Waals surface area contributed by atoms with Crippen molar-refractivity contribution in [2.24, 2.45) is 0 Å². The Hall–Kier alpha value is -2.10. The minimum atomic E-state index is 0.251. The molecule has 0 aliphatic heterocycles. The minimum Gasteiger partial charge on any atom is -0.508 e. The molecule has 1 aromatic carbocycles. The fourth-order valence-electron chi connectivity index (χ4n) is 1.45. The van der Waals surface area contributed by atoms with E-state index < -0.39 is 0 Å². The van der Waals surface area contributed by atoms with Gasteiger partial charge in [-0.25, -0.2) is 9.97 Å². The number of benzene rings is 1. The zero-order chi connectivity index (χ0) is 12.3. The monoisotopic (exact) mass is 229 g/mol. The lowest BCUT2D eigenvalue weighted by molar-refractivity contribution is 0.475. The van der Waals surface area contributed by atoms with Gasteiger partial charge in [0.05, 0.1) is 0 Å². The van der Waals surface area contributed by atoms with E-state index in [4.69, 9.17) is 0 Å². The van der Waals surface area contributed by atoms with Crippen LogP contribution in [0, 0.1) is 0 Å². The van der Waals surface area contributed by atoms with E-state index in [0.29, 0.717) is 5.92 Å². The van der Waals surface area contributed by atoms with Crippen LogP contribution >= 0.6 is 0 Å². The first-order valence-electron chi connectivity index (χ1n) is 5.53. The van der Waals surface area contributed by atoms with Crippen molar-refractivity contribution in [3.63, 3.8) is 0 Å². The van der Waals surface area contributed by atoms with Crippen molar-refractivity contribution in [3.8, 4) is 5.75 Å². The number of hydrogen-bond donors (Lipinski definition) is 2. The predicted octanol–water partition coefficient (Wildman–Crippen LogP) is 3.05. The summed E-state index contributed by atoms with van der Waals surface area (Å²) < 4.78 is 0. The lowest BCUT2D eigenvalue weighted by Gasteiger charge is -2.08. The van der Waals surface area contributed by atoms with E-state index in [0.717, 1.165) is 17.2 Å². The van der Waals surface area contributed by atoms with E-state index in [-0.39, 0.29) is 5.75 Å². The highest BCUT2D eigenvalue weighted by Gasteiger charge is 2.03. The molecule has 4 nitrogen and oxygen atoms in total. The Bertz CT molecular complexity index is 494. The van der Waals surface area contributed by atoms with Gasteiger partial charge in [0.15, 0.2) is 0 Å². The SMILES string of the molecule is CC(C)c1cc(Nc2ccc(O)cc2)ncn1. The fraction of sp³-hybridized carbons (Fsp3) is 0.231. The molecule has 2 N–H and O–H groups in total. The van der Waals surface area contributed by atoms with Crippen molar-refractivity contribution in [1.82, 2.24) is 9.97 Å². The van der Waals surface area contributed by atoms with Crippen molar-refractivity contribution in [2.45, 2.75) is 19.8 Å². The van der Waals surface area contributed by atoms with Crippen molar-refractivity contribution < 1.29 is 5.11 Å². The van der Waals surface area contributed by atoms with Crippen LogP contribution < -0.4 is 5.32 Å². The van der Waals surface area contributed by atoms with E-state index in [9.17, 15) is 5.11 Å². The number of aromatic nitrogens is 2. The van der Waals surface area contributed by atoms with Crippen LogP contribution in [-0.2, 0) is 0 Å². The van der Waals surface area contributed by atoms with Gasteiger partial charge in [-0.15, -0.1) is 0 Å². The Labute approximate surface area is 100 Å². The van der Waals surface area contributed by atoms with Crippen LogP contribution in [0.1, 0.15) is 25.5 Å². The van der Waals surface area contributed by atoms with Crippen LogP contribution in [0.2, 0.25) is 0 Å². The summed E-state index contributed by atoms with van der Waals surface area (Å²) >= 11 is 0. The first-order valence-corrected chi connectivity index (χ1v) is 5.53. The molecule has 0 unspecified atom stereocenters. The van der Waals surface area contributed by atoms with Crippen LogP contribution in [0.25, 0.3) is 0 Å². The largest absolute Gasteiger partial charge is 0.508 e. The number of phenols is 1. The number of hydrogen-bond acceptors (Lipinski definition) is 4. The number of aromatic hydroxyl groups is 1. The summed E-state index contributed by atoms with van der Waals surface area (Å²) in [5, 5.41) is 12.4. The molecule has 17 heavy (non-hydrogen) atoms. The molecule has 1 heterocycles. The van der Waals surface area contributed by atoms with Crippen LogP contribution in [0.5, 0.6) is 5.75 Å². The summed E-state index contributed by atoms with van der Waals surface area (Å²) in [5.74, 6) is 1.38. The Morgan fingerprint density at radius 3 is 2.47 bits per heavy atom. The van der Waals surface area contributed by atoms with Crippen molar-refractivity contribution >= 4 is 11.5 Å². The van der Waals surface area contributed by atoms with E-state index in [2.05, 4.69) is 29.1 Å². The molecule has 0 spiro atoms. The molecular formula is C13H15N3O. The Morgan fingerprint density at radius 1 is 1.12 bits per heavy atom. The second-order valence-corrected chi connectivity index (χ2v) is 4.15. The second kappa shape index (κ2) is 4.82. The topological polar surface area (TPSA) is 58.0 Å². The zero-order valence-electron chi connectivity index (χ0n) is 9.88. The summed E-state index contributed by atoms with van der Waals surface area (Å²) in [7, 11) is 0. The van der Waals surface area contributed by atoms with Crippen LogP contribution in [0.15, 0.2) is 36.7 Å². The Morgan fingerprint density at radius 2 is 1.82 bits per heavy atom. The molecule has 2 aromatic rings. The zero-order valence-corrected chi connectivity index (χ0v) is 9.88. The minimum absolute atomic E-state index is 0.251. The molecule has 4 heteroatoms. The third-order valence-corrected chi connectivity index (χ3v) is 2.42. The number of anilines is 2. The molecule has 0 aliphatic rings. The van der Waals surface area contributed by atoms with Crippen molar-refractivity contribution in [2.75, 3.05) is 5.32 Å². The third-order valence-electron chi connectivity index (χ3n) is 2.42. The average molecular weight is 229 g/mol. The van der Waals surface area contributed by atoms with E-state index in [1.807, 2.05) is 6.07 Å². The van der Waals surface area contributed by atoms with Crippen LogP contribution in [0.3, 0.4) is 0 Å². The maximum absolute atomic E-state index is 9.19. The highest BCUT2D eigenvalue weighted by Crippen LogP contribution is 2.19. The number of phenolic OH excluding ortho intramolecular Hbond substituents is 1. The summed E-state index contributed by atoms with van der Waals surface area (Å²) in [6, 6.07) is 8.79. The first-order chi connectivity index (χ1) is 8.15. The van der Waals surface area contributed by atoms with Gasteiger partial charge in [0.1, 0.15) is 17.9 Å². The fourth-order valence-corrected chi connectivity index (χ4v) is 1.45. The van der Waals surface area contributed by atoms with Gasteiger partial charge in [-0.05, 0) is 30.2 Å². The summed E-state index contributed by atoms with van der Waals surface area (Å²) in [6.07, 6.45) is 1.55. The number of rotatable bonds is 3. The molecular weight excluding hydrogens is 214 g/mol. The normalized spacial score (nSPS) is 10.5. The molecule has 0 fully saturated rings. The summed E-state index contributed by atoms with van der Waals surface area (Å²) in [4.78, 5) is 8.36. The van der Waals surface area contributed by atoms with Gasteiger partial charge in [-0.2, -0.15) is 0 Å². The third kappa shape index (κ3) is 2.93. The van der Waals surface area contributed by atoms with E-state index in [1.165, 1.54) is 0 Å². The summed E-state index contributed by atoms with van der Waals surface area (Å²) in [6.45, 7) is 4.18. The number of nitrogens with zero attached hydrogens (tertiary/aromatic N) is 2. The molecule has 0 bridgehead atoms.